The van der Waals surface area contributed by atoms with Gasteiger partial charge in [0.2, 0.25) is 0 Å². The maximum absolute atomic E-state index is 8.98. The van der Waals surface area contributed by atoms with Crippen molar-refractivity contribution in [3.8, 4) is 6.07 Å². The summed E-state index contributed by atoms with van der Waals surface area (Å²) in [6, 6.07) is 8.50. The number of likely N-dealkylation sites (tertiary alicyclic amines) is 1. The number of nitrogens with zero attached hydrogens (tertiary/aromatic N) is 6. The molecule has 1 saturated heterocycles. The fourth-order valence-electron chi connectivity index (χ4n) is 3.92. The summed E-state index contributed by atoms with van der Waals surface area (Å²) in [6.07, 6.45) is 8.41. The zero-order valence-electron chi connectivity index (χ0n) is 17.5. The molecule has 0 bridgehead atoms. The highest BCUT2D eigenvalue weighted by Crippen LogP contribution is 2.33. The van der Waals surface area contributed by atoms with Gasteiger partial charge in [0.1, 0.15) is 16.8 Å². The number of aromatic nitrogens is 4. The van der Waals surface area contributed by atoms with Crippen molar-refractivity contribution >= 4 is 22.3 Å². The van der Waals surface area contributed by atoms with Gasteiger partial charge in [0, 0.05) is 24.8 Å². The third-order valence-corrected chi connectivity index (χ3v) is 6.31. The van der Waals surface area contributed by atoms with Crippen LogP contribution in [-0.4, -0.2) is 31.2 Å². The van der Waals surface area contributed by atoms with Gasteiger partial charge in [-0.25, -0.2) is 9.97 Å². The minimum Gasteiger partial charge on any atom is -0.316 e. The fourth-order valence-corrected chi connectivity index (χ4v) is 4.54. The van der Waals surface area contributed by atoms with E-state index in [1.54, 1.807) is 6.20 Å². The standard InChI is InChI=1S/C22H27N7S/c1-3-4-11-29-15-17(16(2)27-29)14-28-10-6-8-20(28)19-7-5-9-21(25-19)26-22-24-13-18(12-23)30-22/h5,7,9,13,15,20H,3-4,6,8,10-11,14H2,1-2H3,(H,24,25,26)/t20-/m0/s1. The van der Waals surface area contributed by atoms with Gasteiger partial charge in [-0.3, -0.25) is 9.58 Å². The second-order valence-electron chi connectivity index (χ2n) is 7.70. The van der Waals surface area contributed by atoms with Gasteiger partial charge >= 0.3 is 0 Å². The number of nitriles is 1. The first-order valence-corrected chi connectivity index (χ1v) is 11.3. The quantitative estimate of drug-likeness (QED) is 0.563. The Morgan fingerprint density at radius 1 is 1.37 bits per heavy atom. The minimum atomic E-state index is 0.302. The van der Waals surface area contributed by atoms with Gasteiger partial charge in [-0.2, -0.15) is 10.4 Å². The van der Waals surface area contributed by atoms with Gasteiger partial charge in [-0.1, -0.05) is 30.7 Å². The number of aryl methyl sites for hydroxylation is 2. The summed E-state index contributed by atoms with van der Waals surface area (Å²) in [4.78, 5) is 12.2. The molecule has 1 aliphatic heterocycles. The number of rotatable bonds is 8. The van der Waals surface area contributed by atoms with Crippen LogP contribution in [0.3, 0.4) is 0 Å². The fraction of sp³-hybridized carbons (Fsp3) is 0.455. The molecule has 1 aliphatic rings. The highest BCUT2D eigenvalue weighted by atomic mass is 32.1. The first-order valence-electron chi connectivity index (χ1n) is 10.5. The Labute approximate surface area is 181 Å². The number of unbranched alkanes of at least 4 members (excludes halogenated alkanes) is 1. The second kappa shape index (κ2) is 9.37. The van der Waals surface area contributed by atoms with E-state index in [1.165, 1.54) is 29.7 Å². The van der Waals surface area contributed by atoms with Crippen LogP contribution in [0.2, 0.25) is 0 Å². The molecule has 4 rings (SSSR count). The van der Waals surface area contributed by atoms with Crippen molar-refractivity contribution in [1.82, 2.24) is 24.6 Å². The number of anilines is 2. The maximum Gasteiger partial charge on any atom is 0.189 e. The van der Waals surface area contributed by atoms with Crippen LogP contribution in [0.25, 0.3) is 0 Å². The molecule has 8 heteroatoms. The Balaban J connectivity index is 1.47. The molecule has 0 radical (unpaired) electrons. The maximum atomic E-state index is 8.98. The number of thiazole rings is 1. The lowest BCUT2D eigenvalue weighted by molar-refractivity contribution is 0.244. The highest BCUT2D eigenvalue weighted by Gasteiger charge is 2.28. The van der Waals surface area contributed by atoms with Crippen LogP contribution in [0.5, 0.6) is 0 Å². The average molecular weight is 422 g/mol. The molecule has 1 fully saturated rings. The van der Waals surface area contributed by atoms with Gasteiger partial charge in [0.25, 0.3) is 0 Å². The zero-order valence-corrected chi connectivity index (χ0v) is 18.3. The van der Waals surface area contributed by atoms with E-state index in [0.29, 0.717) is 16.1 Å². The van der Waals surface area contributed by atoms with Crippen molar-refractivity contribution in [2.75, 3.05) is 11.9 Å². The Hall–Kier alpha value is -2.76. The van der Waals surface area contributed by atoms with E-state index in [2.05, 4.69) is 52.1 Å². The summed E-state index contributed by atoms with van der Waals surface area (Å²) < 4.78 is 2.09. The zero-order chi connectivity index (χ0) is 20.9. The molecular formula is C22H27N7S. The molecule has 1 atom stereocenters. The van der Waals surface area contributed by atoms with E-state index in [-0.39, 0.29) is 0 Å². The molecule has 0 saturated carbocycles. The molecule has 3 aromatic rings. The van der Waals surface area contributed by atoms with Crippen molar-refractivity contribution in [3.63, 3.8) is 0 Å². The topological polar surface area (TPSA) is 82.7 Å². The van der Waals surface area contributed by atoms with Gasteiger partial charge < -0.3 is 5.32 Å². The van der Waals surface area contributed by atoms with Crippen molar-refractivity contribution < 1.29 is 0 Å². The molecule has 0 spiro atoms. The van der Waals surface area contributed by atoms with Crippen molar-refractivity contribution in [2.24, 2.45) is 0 Å². The first kappa shape index (κ1) is 20.5. The van der Waals surface area contributed by atoms with Gasteiger partial charge in [-0.05, 0) is 44.9 Å². The average Bonchev–Trinajstić information content (AvgIpc) is 3.48. The summed E-state index contributed by atoms with van der Waals surface area (Å²) in [5.74, 6) is 0.766. The number of nitrogens with one attached hydrogen (secondary N) is 1. The van der Waals surface area contributed by atoms with Crippen LogP contribution in [0.1, 0.15) is 60.5 Å². The number of pyridine rings is 1. The summed E-state index contributed by atoms with van der Waals surface area (Å²) >= 11 is 1.33. The summed E-state index contributed by atoms with van der Waals surface area (Å²) in [5.41, 5.74) is 3.50. The molecule has 3 aromatic heterocycles. The smallest absolute Gasteiger partial charge is 0.189 e. The molecule has 7 nitrogen and oxygen atoms in total. The molecule has 0 aliphatic carbocycles. The van der Waals surface area contributed by atoms with Crippen LogP contribution >= 0.6 is 11.3 Å². The number of hydrogen-bond acceptors (Lipinski definition) is 7. The van der Waals surface area contributed by atoms with Gasteiger partial charge in [0.05, 0.1) is 23.6 Å². The van der Waals surface area contributed by atoms with E-state index in [1.807, 2.05) is 12.1 Å². The van der Waals surface area contributed by atoms with E-state index in [9.17, 15) is 0 Å². The molecule has 156 valence electrons. The second-order valence-corrected chi connectivity index (χ2v) is 8.73. The van der Waals surface area contributed by atoms with Crippen molar-refractivity contribution in [2.45, 2.75) is 58.7 Å². The van der Waals surface area contributed by atoms with E-state index >= 15 is 0 Å². The molecule has 30 heavy (non-hydrogen) atoms. The largest absolute Gasteiger partial charge is 0.316 e. The van der Waals surface area contributed by atoms with E-state index in [0.717, 1.165) is 49.7 Å². The van der Waals surface area contributed by atoms with Crippen molar-refractivity contribution in [3.05, 3.63) is 52.4 Å². The van der Waals surface area contributed by atoms with Gasteiger partial charge in [-0.15, -0.1) is 0 Å². The molecule has 0 aromatic carbocycles. The lowest BCUT2D eigenvalue weighted by Gasteiger charge is -2.24. The normalized spacial score (nSPS) is 16.6. The Morgan fingerprint density at radius 2 is 2.27 bits per heavy atom. The molecular weight excluding hydrogens is 394 g/mol. The lowest BCUT2D eigenvalue weighted by Crippen LogP contribution is -2.23. The summed E-state index contributed by atoms with van der Waals surface area (Å²) in [5, 5.41) is 17.6. The molecule has 4 heterocycles. The predicted molar refractivity (Wildman–Crippen MR) is 119 cm³/mol. The van der Waals surface area contributed by atoms with Crippen LogP contribution in [0, 0.1) is 18.3 Å². The monoisotopic (exact) mass is 421 g/mol. The minimum absolute atomic E-state index is 0.302. The predicted octanol–water partition coefficient (Wildman–Crippen LogP) is 4.80. The first-order chi connectivity index (χ1) is 14.7. The van der Waals surface area contributed by atoms with Crippen molar-refractivity contribution in [1.29, 1.82) is 5.26 Å². The lowest BCUT2D eigenvalue weighted by atomic mass is 10.1. The molecule has 1 N–H and O–H groups in total. The Morgan fingerprint density at radius 3 is 3.07 bits per heavy atom. The summed E-state index contributed by atoms with van der Waals surface area (Å²) in [6.45, 7) is 7.27. The Kier molecular flexibility index (Phi) is 6.41. The van der Waals surface area contributed by atoms with Gasteiger partial charge in [0.15, 0.2) is 5.13 Å². The molecule has 0 unspecified atom stereocenters. The summed E-state index contributed by atoms with van der Waals surface area (Å²) in [7, 11) is 0. The Bertz CT molecular complexity index is 1030. The van der Waals surface area contributed by atoms with E-state index in [4.69, 9.17) is 15.3 Å². The molecule has 0 amide bonds. The third kappa shape index (κ3) is 4.69. The highest BCUT2D eigenvalue weighted by molar-refractivity contribution is 7.16. The van der Waals surface area contributed by atoms with Crippen LogP contribution in [-0.2, 0) is 13.1 Å². The van der Waals surface area contributed by atoms with Crippen LogP contribution in [0.15, 0.2) is 30.6 Å². The van der Waals surface area contributed by atoms with Crippen LogP contribution < -0.4 is 5.32 Å². The van der Waals surface area contributed by atoms with Crippen LogP contribution in [0.4, 0.5) is 10.9 Å². The van der Waals surface area contributed by atoms with E-state index < -0.39 is 0 Å². The number of hydrogen-bond donors (Lipinski definition) is 1. The SMILES string of the molecule is CCCCn1cc(CN2CCC[C@H]2c2cccc(Nc3ncc(C#N)s3)n2)c(C)n1. The third-order valence-electron chi connectivity index (χ3n) is 5.49.